The average Bonchev–Trinajstić information content (AvgIpc) is 2.27. The number of amides is 1. The van der Waals surface area contributed by atoms with Crippen molar-refractivity contribution in [2.24, 2.45) is 0 Å². The lowest BCUT2D eigenvalue weighted by atomic mass is 10.2. The minimum Gasteiger partial charge on any atom is -0.347 e. The van der Waals surface area contributed by atoms with Crippen LogP contribution in [0.4, 0.5) is 0 Å². The minimum atomic E-state index is -3.47. The molecule has 5 heteroatoms. The van der Waals surface area contributed by atoms with Crippen molar-refractivity contribution < 1.29 is 13.2 Å². The maximum atomic E-state index is 11.6. The summed E-state index contributed by atoms with van der Waals surface area (Å²) < 4.78 is 22.6. The zero-order chi connectivity index (χ0) is 12.9. The Hall–Kier alpha value is -1.62. The van der Waals surface area contributed by atoms with Crippen molar-refractivity contribution in [2.75, 3.05) is 6.26 Å². The molecule has 0 bridgehead atoms. The van der Waals surface area contributed by atoms with Crippen LogP contribution >= 0.6 is 0 Å². The minimum absolute atomic E-state index is 0.201. The molecule has 0 saturated carbocycles. The average molecular weight is 253 g/mol. The van der Waals surface area contributed by atoms with Gasteiger partial charge in [0.05, 0.1) is 0 Å². The van der Waals surface area contributed by atoms with Crippen molar-refractivity contribution in [3.05, 3.63) is 46.9 Å². The first kappa shape index (κ1) is 13.4. The van der Waals surface area contributed by atoms with Gasteiger partial charge in [-0.15, -0.1) is 0 Å². The lowest BCUT2D eigenvalue weighted by Crippen LogP contribution is -2.27. The second-order valence-electron chi connectivity index (χ2n) is 3.59. The molecule has 0 saturated heterocycles. The van der Waals surface area contributed by atoms with Crippen molar-refractivity contribution in [2.45, 2.75) is 13.5 Å². The molecule has 0 atom stereocenters. The third kappa shape index (κ3) is 4.03. The predicted molar refractivity (Wildman–Crippen MR) is 66.9 cm³/mol. The number of sulfone groups is 1. The summed E-state index contributed by atoms with van der Waals surface area (Å²) >= 11 is 0. The monoisotopic (exact) mass is 253 g/mol. The van der Waals surface area contributed by atoms with Crippen molar-refractivity contribution in [3.63, 3.8) is 0 Å². The lowest BCUT2D eigenvalue weighted by molar-refractivity contribution is -0.117. The second-order valence-corrected chi connectivity index (χ2v) is 5.58. The van der Waals surface area contributed by atoms with Crippen molar-refractivity contribution in [1.82, 2.24) is 5.32 Å². The van der Waals surface area contributed by atoms with E-state index >= 15 is 0 Å². The van der Waals surface area contributed by atoms with Gasteiger partial charge >= 0.3 is 0 Å². The Bertz CT molecular complexity index is 518. The van der Waals surface area contributed by atoms with Gasteiger partial charge in [0, 0.05) is 12.8 Å². The molecule has 1 rings (SSSR count). The van der Waals surface area contributed by atoms with Crippen LogP contribution in [0.1, 0.15) is 12.5 Å². The Morgan fingerprint density at radius 3 is 2.35 bits per heavy atom. The molecule has 1 amide bonds. The van der Waals surface area contributed by atoms with Crippen LogP contribution in [-0.2, 0) is 21.2 Å². The maximum Gasteiger partial charge on any atom is 0.262 e. The third-order valence-corrected chi connectivity index (χ3v) is 3.40. The van der Waals surface area contributed by atoms with Crippen LogP contribution in [0.25, 0.3) is 0 Å². The fourth-order valence-corrected chi connectivity index (χ4v) is 2.22. The standard InChI is InChI=1S/C12H15NO3S/c1-3-11(17(2,15)16)12(14)13-9-10-7-5-4-6-8-10/h3-8H,9H2,1-2H3,(H,13,14). The van der Waals surface area contributed by atoms with E-state index in [1.165, 1.54) is 13.0 Å². The summed E-state index contributed by atoms with van der Waals surface area (Å²) in [6.45, 7) is 1.84. The van der Waals surface area contributed by atoms with E-state index in [0.717, 1.165) is 11.8 Å². The highest BCUT2D eigenvalue weighted by Gasteiger charge is 2.18. The maximum absolute atomic E-state index is 11.6. The summed E-state index contributed by atoms with van der Waals surface area (Å²) in [5.41, 5.74) is 0.921. The first-order chi connectivity index (χ1) is 7.95. The largest absolute Gasteiger partial charge is 0.347 e. The van der Waals surface area contributed by atoms with Gasteiger partial charge < -0.3 is 5.32 Å². The summed E-state index contributed by atoms with van der Waals surface area (Å²) in [7, 11) is -3.47. The van der Waals surface area contributed by atoms with Crippen molar-refractivity contribution >= 4 is 15.7 Å². The number of carbonyl (C=O) groups excluding carboxylic acids is 1. The van der Waals surface area contributed by atoms with E-state index in [9.17, 15) is 13.2 Å². The van der Waals surface area contributed by atoms with Crippen molar-refractivity contribution in [3.8, 4) is 0 Å². The van der Waals surface area contributed by atoms with E-state index in [1.54, 1.807) is 0 Å². The van der Waals surface area contributed by atoms with Gasteiger partial charge in [0.1, 0.15) is 4.91 Å². The highest BCUT2D eigenvalue weighted by molar-refractivity contribution is 7.95. The Kier molecular flexibility index (Phi) is 4.45. The molecule has 0 heterocycles. The summed E-state index contributed by atoms with van der Waals surface area (Å²) in [6.07, 6.45) is 2.32. The van der Waals surface area contributed by atoms with Gasteiger partial charge in [-0.25, -0.2) is 8.42 Å². The van der Waals surface area contributed by atoms with Crippen LogP contribution in [-0.4, -0.2) is 20.6 Å². The number of benzene rings is 1. The molecule has 0 spiro atoms. The number of hydrogen-bond donors (Lipinski definition) is 1. The topological polar surface area (TPSA) is 63.2 Å². The Morgan fingerprint density at radius 2 is 1.88 bits per heavy atom. The molecular weight excluding hydrogens is 238 g/mol. The molecule has 92 valence electrons. The van der Waals surface area contributed by atoms with Crippen LogP contribution in [0, 0.1) is 0 Å². The third-order valence-electron chi connectivity index (χ3n) is 2.18. The first-order valence-corrected chi connectivity index (χ1v) is 7.03. The smallest absolute Gasteiger partial charge is 0.262 e. The molecule has 0 aliphatic heterocycles. The van der Waals surface area contributed by atoms with Gasteiger partial charge in [0.25, 0.3) is 5.91 Å². The van der Waals surface area contributed by atoms with E-state index < -0.39 is 15.7 Å². The normalized spacial score (nSPS) is 12.2. The molecule has 1 aromatic rings. The van der Waals surface area contributed by atoms with Crippen LogP contribution in [0.5, 0.6) is 0 Å². The Morgan fingerprint density at radius 1 is 1.29 bits per heavy atom. The molecule has 1 aromatic carbocycles. The Labute approximate surface area is 101 Å². The highest BCUT2D eigenvalue weighted by atomic mass is 32.2. The van der Waals surface area contributed by atoms with E-state index in [2.05, 4.69) is 5.32 Å². The summed E-state index contributed by atoms with van der Waals surface area (Å²) in [5.74, 6) is -0.571. The van der Waals surface area contributed by atoms with Gasteiger partial charge in [0.2, 0.25) is 0 Å². The molecular formula is C12H15NO3S. The van der Waals surface area contributed by atoms with Crippen LogP contribution in [0.3, 0.4) is 0 Å². The first-order valence-electron chi connectivity index (χ1n) is 5.13. The number of nitrogens with one attached hydrogen (secondary N) is 1. The zero-order valence-corrected chi connectivity index (χ0v) is 10.6. The van der Waals surface area contributed by atoms with Crippen LogP contribution in [0.2, 0.25) is 0 Å². The zero-order valence-electron chi connectivity index (χ0n) is 9.80. The molecule has 0 unspecified atom stereocenters. The number of carbonyl (C=O) groups is 1. The van der Waals surface area contributed by atoms with Crippen LogP contribution in [0.15, 0.2) is 41.3 Å². The highest BCUT2D eigenvalue weighted by Crippen LogP contribution is 2.05. The molecule has 0 aliphatic rings. The fraction of sp³-hybridized carbons (Fsp3) is 0.250. The molecule has 0 aliphatic carbocycles. The van der Waals surface area contributed by atoms with Gasteiger partial charge in [-0.2, -0.15) is 0 Å². The number of rotatable bonds is 4. The molecule has 0 radical (unpaired) electrons. The Balaban J connectivity index is 2.68. The van der Waals surface area contributed by atoms with E-state index in [0.29, 0.717) is 6.54 Å². The quantitative estimate of drug-likeness (QED) is 0.821. The van der Waals surface area contributed by atoms with E-state index in [4.69, 9.17) is 0 Å². The van der Waals surface area contributed by atoms with E-state index in [-0.39, 0.29) is 4.91 Å². The number of hydrogen-bond acceptors (Lipinski definition) is 3. The predicted octanol–water partition coefficient (Wildman–Crippen LogP) is 1.25. The molecule has 17 heavy (non-hydrogen) atoms. The summed E-state index contributed by atoms with van der Waals surface area (Å²) in [4.78, 5) is 11.4. The SMILES string of the molecule is CC=C(C(=O)NCc1ccccc1)S(C)(=O)=O. The lowest BCUT2D eigenvalue weighted by Gasteiger charge is -2.06. The molecule has 0 aromatic heterocycles. The molecule has 4 nitrogen and oxygen atoms in total. The molecule has 0 fully saturated rings. The fourth-order valence-electron chi connectivity index (χ4n) is 1.38. The molecule has 1 N–H and O–H groups in total. The second kappa shape index (κ2) is 5.63. The van der Waals surface area contributed by atoms with Gasteiger partial charge in [-0.1, -0.05) is 36.4 Å². The summed E-state index contributed by atoms with van der Waals surface area (Å²) in [5, 5.41) is 2.57. The van der Waals surface area contributed by atoms with Crippen molar-refractivity contribution in [1.29, 1.82) is 0 Å². The van der Waals surface area contributed by atoms with Gasteiger partial charge in [-0.3, -0.25) is 4.79 Å². The van der Waals surface area contributed by atoms with Crippen LogP contribution < -0.4 is 5.32 Å². The summed E-state index contributed by atoms with van der Waals surface area (Å²) in [6, 6.07) is 9.30. The number of allylic oxidation sites excluding steroid dienone is 1. The van der Waals surface area contributed by atoms with Gasteiger partial charge in [-0.05, 0) is 12.5 Å². The van der Waals surface area contributed by atoms with Gasteiger partial charge in [0.15, 0.2) is 9.84 Å². The van der Waals surface area contributed by atoms with E-state index in [1.807, 2.05) is 30.3 Å².